The van der Waals surface area contributed by atoms with Crippen LogP contribution in [0.5, 0.6) is 5.75 Å². The fourth-order valence-corrected chi connectivity index (χ4v) is 3.08. The number of hydrogen-bond donors (Lipinski definition) is 0. The fraction of sp³-hybridized carbons (Fsp3) is 0.350. The van der Waals surface area contributed by atoms with Gasteiger partial charge in [-0.2, -0.15) is 0 Å². The number of hydrogen-bond acceptors (Lipinski definition) is 2. The van der Waals surface area contributed by atoms with Gasteiger partial charge in [0, 0.05) is 17.5 Å². The van der Waals surface area contributed by atoms with Crippen LogP contribution in [0.4, 0.5) is 4.79 Å². The minimum Gasteiger partial charge on any atom is -0.409 e. The van der Waals surface area contributed by atoms with Gasteiger partial charge in [0.1, 0.15) is 5.75 Å². The third-order valence-electron chi connectivity index (χ3n) is 4.41. The molecule has 1 heterocycles. The maximum absolute atomic E-state index is 12.4. The number of fused-ring (bicyclic) bond motifs is 3. The second-order valence-electron chi connectivity index (χ2n) is 6.04. The lowest BCUT2D eigenvalue weighted by atomic mass is 10.0. The van der Waals surface area contributed by atoms with E-state index in [-0.39, 0.29) is 6.09 Å². The summed E-state index contributed by atoms with van der Waals surface area (Å²) in [5.74, 6) is 0.639. The van der Waals surface area contributed by atoms with Crippen molar-refractivity contribution in [2.75, 3.05) is 6.54 Å². The Kier molecular flexibility index (Phi) is 4.65. The van der Waals surface area contributed by atoms with E-state index in [1.54, 1.807) is 4.90 Å². The van der Waals surface area contributed by atoms with Crippen molar-refractivity contribution in [2.45, 2.75) is 39.0 Å². The van der Waals surface area contributed by atoms with Crippen LogP contribution in [0.25, 0.3) is 16.5 Å². The Morgan fingerprint density at radius 1 is 1.04 bits per heavy atom. The summed E-state index contributed by atoms with van der Waals surface area (Å²) >= 11 is 0. The van der Waals surface area contributed by atoms with Crippen molar-refractivity contribution in [2.24, 2.45) is 0 Å². The molecule has 0 fully saturated rings. The van der Waals surface area contributed by atoms with Crippen molar-refractivity contribution in [3.05, 3.63) is 48.5 Å². The normalized spacial score (nSPS) is 14.0. The van der Waals surface area contributed by atoms with Gasteiger partial charge in [0.25, 0.3) is 0 Å². The molecule has 0 bridgehead atoms. The Morgan fingerprint density at radius 3 is 2.65 bits per heavy atom. The molecule has 0 atom stereocenters. The lowest BCUT2D eigenvalue weighted by Crippen LogP contribution is -2.36. The monoisotopic (exact) mass is 309 g/mol. The van der Waals surface area contributed by atoms with Crippen LogP contribution < -0.4 is 4.74 Å². The average molecular weight is 309 g/mol. The van der Waals surface area contributed by atoms with Gasteiger partial charge < -0.3 is 4.74 Å². The highest BCUT2D eigenvalue weighted by molar-refractivity contribution is 5.99. The molecule has 0 aromatic heterocycles. The highest BCUT2D eigenvalue weighted by Crippen LogP contribution is 2.38. The predicted molar refractivity (Wildman–Crippen MR) is 94.5 cm³/mol. The predicted octanol–water partition coefficient (Wildman–Crippen LogP) is 5.60. The molecule has 0 unspecified atom stereocenters. The van der Waals surface area contributed by atoms with E-state index in [1.807, 2.05) is 30.3 Å². The summed E-state index contributed by atoms with van der Waals surface area (Å²) in [5.41, 5.74) is 1.66. The van der Waals surface area contributed by atoms with Crippen LogP contribution in [-0.4, -0.2) is 17.5 Å². The largest absolute Gasteiger partial charge is 0.419 e. The number of ether oxygens (including phenoxy) is 1. The zero-order valence-corrected chi connectivity index (χ0v) is 13.7. The van der Waals surface area contributed by atoms with Crippen LogP contribution in [0.2, 0.25) is 0 Å². The summed E-state index contributed by atoms with van der Waals surface area (Å²) < 4.78 is 5.63. The van der Waals surface area contributed by atoms with Crippen molar-refractivity contribution in [1.82, 2.24) is 4.90 Å². The molecule has 3 nitrogen and oxygen atoms in total. The van der Waals surface area contributed by atoms with Crippen LogP contribution in [0.3, 0.4) is 0 Å². The standard InChI is InChI=1S/C20H23NO2/c1-3-4-5-6-9-14-21-15(2)17-13-12-16-10-7-8-11-18(16)19(17)23-20(21)22/h7-8,10-13H,2-6,9,14H2,1H3. The first-order chi connectivity index (χ1) is 11.2. The second kappa shape index (κ2) is 6.86. The van der Waals surface area contributed by atoms with Gasteiger partial charge in [-0.25, -0.2) is 4.79 Å². The van der Waals surface area contributed by atoms with E-state index in [2.05, 4.69) is 19.6 Å². The molecule has 1 amide bonds. The lowest BCUT2D eigenvalue weighted by molar-refractivity contribution is 0.168. The van der Waals surface area contributed by atoms with Crippen molar-refractivity contribution >= 4 is 22.6 Å². The fourth-order valence-electron chi connectivity index (χ4n) is 3.08. The van der Waals surface area contributed by atoms with Crippen LogP contribution in [-0.2, 0) is 0 Å². The van der Waals surface area contributed by atoms with Gasteiger partial charge >= 0.3 is 6.09 Å². The van der Waals surface area contributed by atoms with Crippen LogP contribution in [0.15, 0.2) is 43.0 Å². The highest BCUT2D eigenvalue weighted by Gasteiger charge is 2.29. The van der Waals surface area contributed by atoms with Crippen molar-refractivity contribution < 1.29 is 9.53 Å². The number of unbranched alkanes of at least 4 members (excludes halogenated alkanes) is 4. The lowest BCUT2D eigenvalue weighted by Gasteiger charge is -2.30. The van der Waals surface area contributed by atoms with Gasteiger partial charge in [-0.05, 0) is 17.9 Å². The van der Waals surface area contributed by atoms with E-state index < -0.39 is 0 Å². The van der Waals surface area contributed by atoms with Gasteiger partial charge in [-0.15, -0.1) is 0 Å². The Morgan fingerprint density at radius 2 is 1.83 bits per heavy atom. The van der Waals surface area contributed by atoms with Gasteiger partial charge in [-0.3, -0.25) is 4.90 Å². The molecule has 2 aromatic carbocycles. The summed E-state index contributed by atoms with van der Waals surface area (Å²) in [6.07, 6.45) is 5.49. The van der Waals surface area contributed by atoms with E-state index in [0.717, 1.165) is 34.9 Å². The SMILES string of the molecule is C=C1c2ccc3ccccc3c2OC(=O)N1CCCCCCC. The second-order valence-corrected chi connectivity index (χ2v) is 6.04. The first-order valence-corrected chi connectivity index (χ1v) is 8.42. The maximum Gasteiger partial charge on any atom is 0.419 e. The van der Waals surface area contributed by atoms with Crippen LogP contribution in [0, 0.1) is 0 Å². The number of benzene rings is 2. The number of rotatable bonds is 6. The molecule has 120 valence electrons. The Hall–Kier alpha value is -2.29. The molecule has 0 saturated carbocycles. The minimum absolute atomic E-state index is 0.311. The number of carbonyl (C=O) groups excluding carboxylic acids is 1. The molecular weight excluding hydrogens is 286 g/mol. The molecule has 0 aliphatic carbocycles. The third-order valence-corrected chi connectivity index (χ3v) is 4.41. The quantitative estimate of drug-likeness (QED) is 0.650. The number of amides is 1. The zero-order valence-electron chi connectivity index (χ0n) is 13.7. The molecule has 0 saturated heterocycles. The molecule has 1 aliphatic rings. The molecule has 0 radical (unpaired) electrons. The van der Waals surface area contributed by atoms with Crippen LogP contribution >= 0.6 is 0 Å². The molecule has 1 aliphatic heterocycles. The Labute approximate surface area is 137 Å². The summed E-state index contributed by atoms with van der Waals surface area (Å²) in [4.78, 5) is 14.0. The Bertz CT molecular complexity index is 735. The van der Waals surface area contributed by atoms with Gasteiger partial charge in [-0.1, -0.05) is 69.5 Å². The summed E-state index contributed by atoms with van der Waals surface area (Å²) in [7, 11) is 0. The van der Waals surface area contributed by atoms with E-state index in [9.17, 15) is 4.79 Å². The van der Waals surface area contributed by atoms with E-state index in [0.29, 0.717) is 12.3 Å². The van der Waals surface area contributed by atoms with E-state index in [1.165, 1.54) is 19.3 Å². The maximum atomic E-state index is 12.4. The summed E-state index contributed by atoms with van der Waals surface area (Å²) in [6, 6.07) is 12.0. The number of carbonyl (C=O) groups is 1. The van der Waals surface area contributed by atoms with E-state index in [4.69, 9.17) is 4.74 Å². The summed E-state index contributed by atoms with van der Waals surface area (Å²) in [5, 5.41) is 2.03. The first-order valence-electron chi connectivity index (χ1n) is 8.42. The van der Waals surface area contributed by atoms with Crippen LogP contribution in [0.1, 0.15) is 44.6 Å². The molecule has 3 heteroatoms. The molecule has 0 spiro atoms. The molecule has 23 heavy (non-hydrogen) atoms. The van der Waals surface area contributed by atoms with Crippen molar-refractivity contribution in [3.8, 4) is 5.75 Å². The summed E-state index contributed by atoms with van der Waals surface area (Å²) in [6.45, 7) is 7.01. The molecule has 2 aromatic rings. The van der Waals surface area contributed by atoms with Crippen molar-refractivity contribution in [3.63, 3.8) is 0 Å². The van der Waals surface area contributed by atoms with Gasteiger partial charge in [0.15, 0.2) is 0 Å². The highest BCUT2D eigenvalue weighted by atomic mass is 16.6. The molecular formula is C20H23NO2. The van der Waals surface area contributed by atoms with Crippen molar-refractivity contribution in [1.29, 1.82) is 0 Å². The zero-order chi connectivity index (χ0) is 16.2. The Balaban J connectivity index is 1.79. The van der Waals surface area contributed by atoms with Gasteiger partial charge in [0.2, 0.25) is 0 Å². The topological polar surface area (TPSA) is 29.5 Å². The van der Waals surface area contributed by atoms with Gasteiger partial charge in [0.05, 0.1) is 5.70 Å². The third kappa shape index (κ3) is 3.09. The smallest absolute Gasteiger partial charge is 0.409 e. The minimum atomic E-state index is -0.311. The molecule has 0 N–H and O–H groups in total. The average Bonchev–Trinajstić information content (AvgIpc) is 2.57. The van der Waals surface area contributed by atoms with E-state index >= 15 is 0 Å². The molecule has 3 rings (SSSR count). The number of nitrogens with zero attached hydrogens (tertiary/aromatic N) is 1. The first kappa shape index (κ1) is 15.6.